The quantitative estimate of drug-likeness (QED) is 0.686. The second-order valence-corrected chi connectivity index (χ2v) is 4.30. The van der Waals surface area contributed by atoms with Crippen LogP contribution in [0.15, 0.2) is 41.6 Å². The molecule has 0 saturated carbocycles. The first kappa shape index (κ1) is 10.7. The minimum atomic E-state index is -0.584. The maximum atomic E-state index is 12.0. The molecule has 0 bridgehead atoms. The molecule has 4 nitrogen and oxygen atoms in total. The molecule has 0 unspecified atom stereocenters. The molecule has 0 radical (unpaired) electrons. The number of allylic oxidation sites excluding steroid dienone is 4. The molecule has 2 aliphatic rings. The van der Waals surface area contributed by atoms with Gasteiger partial charge in [0.2, 0.25) is 11.6 Å². The maximum Gasteiger partial charge on any atom is 0.234 e. The van der Waals surface area contributed by atoms with Gasteiger partial charge in [0.1, 0.15) is 0 Å². The molecule has 0 spiro atoms. The molecule has 4 heteroatoms. The Labute approximate surface area is 103 Å². The first-order chi connectivity index (χ1) is 8.59. The summed E-state index contributed by atoms with van der Waals surface area (Å²) in [6, 6.07) is 6.83. The summed E-state index contributed by atoms with van der Waals surface area (Å²) >= 11 is 0. The first-order valence-electron chi connectivity index (χ1n) is 5.51. The van der Waals surface area contributed by atoms with Crippen molar-refractivity contribution in [3.63, 3.8) is 0 Å². The van der Waals surface area contributed by atoms with Crippen LogP contribution < -0.4 is 5.73 Å². The van der Waals surface area contributed by atoms with E-state index in [1.165, 1.54) is 6.08 Å². The number of rotatable bonds is 0. The van der Waals surface area contributed by atoms with Crippen molar-refractivity contribution in [2.45, 2.75) is 6.42 Å². The zero-order valence-corrected chi connectivity index (χ0v) is 9.40. The summed E-state index contributed by atoms with van der Waals surface area (Å²) in [6.45, 7) is 0. The monoisotopic (exact) mass is 239 g/mol. The van der Waals surface area contributed by atoms with Gasteiger partial charge in [-0.15, -0.1) is 0 Å². The lowest BCUT2D eigenvalue weighted by Gasteiger charge is -2.22. The summed E-state index contributed by atoms with van der Waals surface area (Å²) in [4.78, 5) is 35.5. The Kier molecular flexibility index (Phi) is 2.07. The van der Waals surface area contributed by atoms with Gasteiger partial charge in [0.05, 0.1) is 5.70 Å². The van der Waals surface area contributed by atoms with Gasteiger partial charge in [-0.05, 0) is 17.2 Å². The smallest absolute Gasteiger partial charge is 0.234 e. The third kappa shape index (κ3) is 1.29. The van der Waals surface area contributed by atoms with Crippen molar-refractivity contribution in [3.8, 4) is 0 Å². The Bertz CT molecular complexity index is 680. The van der Waals surface area contributed by atoms with Gasteiger partial charge in [-0.1, -0.05) is 24.3 Å². The molecular formula is C14H9NO3. The zero-order chi connectivity index (χ0) is 12.9. The highest BCUT2D eigenvalue weighted by molar-refractivity contribution is 6.53. The number of Topliss-reactive ketones (excluding diaryl/α,β-unsaturated/α-hetero) is 3. The minimum absolute atomic E-state index is 0.0364. The number of ketones is 3. The fourth-order valence-corrected chi connectivity index (χ4v) is 2.31. The van der Waals surface area contributed by atoms with Crippen LogP contribution in [0.2, 0.25) is 0 Å². The average Bonchev–Trinajstić information content (AvgIpc) is 2.38. The van der Waals surface area contributed by atoms with Gasteiger partial charge >= 0.3 is 0 Å². The van der Waals surface area contributed by atoms with Crippen LogP contribution in [-0.2, 0) is 9.59 Å². The van der Waals surface area contributed by atoms with Crippen LogP contribution in [0.4, 0.5) is 0 Å². The fourth-order valence-electron chi connectivity index (χ4n) is 2.31. The normalized spacial score (nSPS) is 18.4. The molecular weight excluding hydrogens is 230 g/mol. The molecule has 88 valence electrons. The number of fused-ring (bicyclic) bond motifs is 2. The molecule has 0 aliphatic heterocycles. The van der Waals surface area contributed by atoms with E-state index in [9.17, 15) is 14.4 Å². The number of nitrogens with two attached hydrogens (primary N) is 1. The second-order valence-electron chi connectivity index (χ2n) is 4.30. The first-order valence-corrected chi connectivity index (χ1v) is 5.51. The van der Waals surface area contributed by atoms with Crippen LogP contribution in [0.3, 0.4) is 0 Å². The third-order valence-corrected chi connectivity index (χ3v) is 3.23. The molecule has 0 fully saturated rings. The minimum Gasteiger partial charge on any atom is -0.396 e. The molecule has 3 rings (SSSR count). The Morgan fingerprint density at radius 2 is 1.61 bits per heavy atom. The summed E-state index contributed by atoms with van der Waals surface area (Å²) in [7, 11) is 0. The molecule has 1 aromatic rings. The molecule has 0 aromatic heterocycles. The van der Waals surface area contributed by atoms with Gasteiger partial charge in [0.15, 0.2) is 5.78 Å². The van der Waals surface area contributed by atoms with Gasteiger partial charge in [0.25, 0.3) is 0 Å². The highest BCUT2D eigenvalue weighted by Gasteiger charge is 2.34. The molecule has 18 heavy (non-hydrogen) atoms. The average molecular weight is 239 g/mol. The second kappa shape index (κ2) is 3.50. The van der Waals surface area contributed by atoms with Crippen molar-refractivity contribution < 1.29 is 14.4 Å². The van der Waals surface area contributed by atoms with Crippen molar-refractivity contribution in [1.82, 2.24) is 0 Å². The number of hydrogen-bond acceptors (Lipinski definition) is 4. The SMILES string of the molecule is NC1=CC2=C(CC1=O)c1ccccc1C(=O)C2=O. The Hall–Kier alpha value is -2.49. The van der Waals surface area contributed by atoms with E-state index in [-0.39, 0.29) is 23.5 Å². The summed E-state index contributed by atoms with van der Waals surface area (Å²) in [6.07, 6.45) is 1.39. The fraction of sp³-hybridized carbons (Fsp3) is 0.0714. The molecule has 0 heterocycles. The van der Waals surface area contributed by atoms with Crippen molar-refractivity contribution in [2.24, 2.45) is 5.73 Å². The van der Waals surface area contributed by atoms with E-state index in [1.807, 2.05) is 0 Å². The van der Waals surface area contributed by atoms with Gasteiger partial charge in [0, 0.05) is 17.6 Å². The summed E-state index contributed by atoms with van der Waals surface area (Å²) in [5.74, 6) is -1.34. The van der Waals surface area contributed by atoms with Crippen LogP contribution in [0.1, 0.15) is 22.3 Å². The lowest BCUT2D eigenvalue weighted by molar-refractivity contribution is -0.114. The van der Waals surface area contributed by atoms with E-state index in [4.69, 9.17) is 5.73 Å². The highest BCUT2D eigenvalue weighted by atomic mass is 16.2. The zero-order valence-electron chi connectivity index (χ0n) is 9.40. The lowest BCUT2D eigenvalue weighted by atomic mass is 9.79. The van der Waals surface area contributed by atoms with E-state index in [0.717, 1.165) is 0 Å². The van der Waals surface area contributed by atoms with Crippen LogP contribution in [0.5, 0.6) is 0 Å². The predicted molar refractivity (Wildman–Crippen MR) is 64.6 cm³/mol. The Morgan fingerprint density at radius 3 is 2.33 bits per heavy atom. The standard InChI is InChI=1S/C14H9NO3/c15-11-5-10-9(6-12(11)16)7-3-1-2-4-8(7)13(17)14(10)18/h1-5H,6,15H2. The van der Waals surface area contributed by atoms with Crippen molar-refractivity contribution >= 4 is 22.9 Å². The topological polar surface area (TPSA) is 77.2 Å². The Balaban J connectivity index is 2.32. The molecule has 0 saturated heterocycles. The van der Waals surface area contributed by atoms with Crippen molar-refractivity contribution in [2.75, 3.05) is 0 Å². The van der Waals surface area contributed by atoms with E-state index < -0.39 is 11.6 Å². The number of hydrogen-bond donors (Lipinski definition) is 1. The van der Waals surface area contributed by atoms with E-state index in [0.29, 0.717) is 16.7 Å². The van der Waals surface area contributed by atoms with E-state index >= 15 is 0 Å². The summed E-state index contributed by atoms with van der Waals surface area (Å²) in [5.41, 5.74) is 7.45. The van der Waals surface area contributed by atoms with Crippen LogP contribution in [-0.4, -0.2) is 17.3 Å². The maximum absolute atomic E-state index is 12.0. The molecule has 0 amide bonds. The summed E-state index contributed by atoms with van der Waals surface area (Å²) in [5, 5.41) is 0. The van der Waals surface area contributed by atoms with Crippen LogP contribution in [0.25, 0.3) is 5.57 Å². The number of carbonyl (C=O) groups is 3. The molecule has 1 aromatic carbocycles. The molecule has 2 N–H and O–H groups in total. The number of carbonyl (C=O) groups excluding carboxylic acids is 3. The van der Waals surface area contributed by atoms with Crippen LogP contribution >= 0.6 is 0 Å². The van der Waals surface area contributed by atoms with E-state index in [1.54, 1.807) is 24.3 Å². The van der Waals surface area contributed by atoms with Gasteiger partial charge < -0.3 is 5.73 Å². The molecule has 0 atom stereocenters. The largest absolute Gasteiger partial charge is 0.396 e. The third-order valence-electron chi connectivity index (χ3n) is 3.23. The predicted octanol–water partition coefficient (Wildman–Crippen LogP) is 1.02. The van der Waals surface area contributed by atoms with Gasteiger partial charge in [-0.3, -0.25) is 14.4 Å². The van der Waals surface area contributed by atoms with Crippen molar-refractivity contribution in [1.29, 1.82) is 0 Å². The van der Waals surface area contributed by atoms with Crippen LogP contribution in [0, 0.1) is 0 Å². The molecule has 2 aliphatic carbocycles. The van der Waals surface area contributed by atoms with E-state index in [2.05, 4.69) is 0 Å². The highest BCUT2D eigenvalue weighted by Crippen LogP contribution is 2.35. The lowest BCUT2D eigenvalue weighted by Crippen LogP contribution is -2.28. The van der Waals surface area contributed by atoms with Gasteiger partial charge in [-0.2, -0.15) is 0 Å². The van der Waals surface area contributed by atoms with Crippen molar-refractivity contribution in [3.05, 3.63) is 52.7 Å². The Morgan fingerprint density at radius 1 is 0.944 bits per heavy atom. The number of benzene rings is 1. The van der Waals surface area contributed by atoms with Gasteiger partial charge in [-0.25, -0.2) is 0 Å². The summed E-state index contributed by atoms with van der Waals surface area (Å²) < 4.78 is 0.